The lowest BCUT2D eigenvalue weighted by molar-refractivity contribution is 0.102. The van der Waals surface area contributed by atoms with Crippen molar-refractivity contribution in [3.05, 3.63) is 46.2 Å². The van der Waals surface area contributed by atoms with Crippen LogP contribution in [0, 0.1) is 0 Å². The van der Waals surface area contributed by atoms with Crippen LogP contribution in [0.25, 0.3) is 0 Å². The van der Waals surface area contributed by atoms with Crippen molar-refractivity contribution in [1.29, 1.82) is 0 Å². The number of carbonyl (C=O) groups excluding carboxylic acids is 1. The van der Waals surface area contributed by atoms with Crippen molar-refractivity contribution in [3.8, 4) is 11.5 Å². The van der Waals surface area contributed by atoms with E-state index in [0.717, 1.165) is 6.07 Å². The number of anilines is 1. The normalized spacial score (nSPS) is 10.0. The molecule has 92 valence electrons. The standard InChI is InChI=1S/C11H9N3O4/c15-7-3-6(4-8(16)5-7)11(18)12-9-1-2-10(17)14-13-9/h1-5,15-16H,(H,14,17)(H,12,13,18). The summed E-state index contributed by atoms with van der Waals surface area (Å²) in [6.07, 6.45) is 0. The average Bonchev–Trinajstić information content (AvgIpc) is 2.31. The summed E-state index contributed by atoms with van der Waals surface area (Å²) in [5.74, 6) is -0.868. The molecule has 2 aromatic rings. The Kier molecular flexibility index (Phi) is 2.96. The van der Waals surface area contributed by atoms with Gasteiger partial charge in [0.15, 0.2) is 5.82 Å². The molecule has 7 nitrogen and oxygen atoms in total. The summed E-state index contributed by atoms with van der Waals surface area (Å²) in [5, 5.41) is 26.6. The number of hydrogen-bond donors (Lipinski definition) is 4. The molecule has 0 atom stereocenters. The van der Waals surface area contributed by atoms with Crippen LogP contribution in [0.1, 0.15) is 10.4 Å². The molecule has 7 heteroatoms. The SMILES string of the molecule is O=C(Nc1ccc(=O)[nH]n1)c1cc(O)cc(O)c1. The molecule has 0 aliphatic rings. The van der Waals surface area contributed by atoms with E-state index in [4.69, 9.17) is 0 Å². The highest BCUT2D eigenvalue weighted by Crippen LogP contribution is 2.20. The zero-order valence-corrected chi connectivity index (χ0v) is 9.04. The topological polar surface area (TPSA) is 115 Å². The lowest BCUT2D eigenvalue weighted by Crippen LogP contribution is -2.15. The lowest BCUT2D eigenvalue weighted by atomic mass is 10.2. The summed E-state index contributed by atoms with van der Waals surface area (Å²) in [7, 11) is 0. The van der Waals surface area contributed by atoms with E-state index in [9.17, 15) is 19.8 Å². The van der Waals surface area contributed by atoms with Crippen LogP contribution in [0.5, 0.6) is 11.5 Å². The van der Waals surface area contributed by atoms with Gasteiger partial charge in [0.2, 0.25) is 0 Å². The van der Waals surface area contributed by atoms with Gasteiger partial charge in [-0.15, -0.1) is 0 Å². The molecule has 0 bridgehead atoms. The van der Waals surface area contributed by atoms with Crippen molar-refractivity contribution in [2.24, 2.45) is 0 Å². The van der Waals surface area contributed by atoms with Crippen molar-refractivity contribution in [2.45, 2.75) is 0 Å². The van der Waals surface area contributed by atoms with Gasteiger partial charge >= 0.3 is 0 Å². The highest BCUT2D eigenvalue weighted by atomic mass is 16.3. The van der Waals surface area contributed by atoms with Gasteiger partial charge in [-0.2, -0.15) is 5.10 Å². The van der Waals surface area contributed by atoms with Crippen LogP contribution >= 0.6 is 0 Å². The van der Waals surface area contributed by atoms with Gasteiger partial charge in [0.1, 0.15) is 11.5 Å². The van der Waals surface area contributed by atoms with Gasteiger partial charge < -0.3 is 15.5 Å². The van der Waals surface area contributed by atoms with E-state index >= 15 is 0 Å². The highest BCUT2D eigenvalue weighted by molar-refractivity contribution is 6.04. The van der Waals surface area contributed by atoms with Crippen LogP contribution in [0.15, 0.2) is 35.1 Å². The fourth-order valence-electron chi connectivity index (χ4n) is 1.33. The monoisotopic (exact) mass is 247 g/mol. The third-order valence-electron chi connectivity index (χ3n) is 2.09. The van der Waals surface area contributed by atoms with E-state index in [-0.39, 0.29) is 28.4 Å². The van der Waals surface area contributed by atoms with Gasteiger partial charge in [0.05, 0.1) is 0 Å². The van der Waals surface area contributed by atoms with Gasteiger partial charge in [-0.25, -0.2) is 5.10 Å². The van der Waals surface area contributed by atoms with Crippen molar-refractivity contribution in [3.63, 3.8) is 0 Å². The van der Waals surface area contributed by atoms with Crippen molar-refractivity contribution < 1.29 is 15.0 Å². The van der Waals surface area contributed by atoms with Crippen LogP contribution in [0.2, 0.25) is 0 Å². The van der Waals surface area contributed by atoms with E-state index in [2.05, 4.69) is 15.5 Å². The van der Waals surface area contributed by atoms with Gasteiger partial charge in [0, 0.05) is 17.7 Å². The number of rotatable bonds is 2. The number of phenols is 2. The van der Waals surface area contributed by atoms with Crippen LogP contribution in [-0.2, 0) is 0 Å². The van der Waals surface area contributed by atoms with Gasteiger partial charge in [-0.3, -0.25) is 9.59 Å². The number of carbonyl (C=O) groups is 1. The number of phenolic OH excluding ortho intramolecular Hbond substituents is 2. The van der Waals surface area contributed by atoms with Crippen LogP contribution in [-0.4, -0.2) is 26.3 Å². The molecule has 0 saturated heterocycles. The molecule has 18 heavy (non-hydrogen) atoms. The third-order valence-corrected chi connectivity index (χ3v) is 2.09. The number of aromatic nitrogens is 2. The largest absolute Gasteiger partial charge is 0.508 e. The molecule has 1 amide bonds. The maximum Gasteiger partial charge on any atom is 0.264 e. The summed E-state index contributed by atoms with van der Waals surface area (Å²) in [5.41, 5.74) is -0.316. The number of aromatic amines is 1. The van der Waals surface area contributed by atoms with Gasteiger partial charge in [0.25, 0.3) is 11.5 Å². The first kappa shape index (κ1) is 11.6. The number of amides is 1. The van der Waals surface area contributed by atoms with Crippen molar-refractivity contribution in [1.82, 2.24) is 10.2 Å². The molecular formula is C11H9N3O4. The second-order valence-electron chi connectivity index (χ2n) is 3.50. The van der Waals surface area contributed by atoms with Crippen LogP contribution in [0.4, 0.5) is 5.82 Å². The summed E-state index contributed by atoms with van der Waals surface area (Å²) >= 11 is 0. The van der Waals surface area contributed by atoms with Crippen molar-refractivity contribution in [2.75, 3.05) is 5.32 Å². The average molecular weight is 247 g/mol. The zero-order valence-electron chi connectivity index (χ0n) is 9.04. The number of hydrogen-bond acceptors (Lipinski definition) is 5. The fourth-order valence-corrected chi connectivity index (χ4v) is 1.33. The fraction of sp³-hybridized carbons (Fsp3) is 0. The smallest absolute Gasteiger partial charge is 0.264 e. The minimum Gasteiger partial charge on any atom is -0.508 e. The minimum absolute atomic E-state index is 0.0699. The maximum atomic E-state index is 11.7. The number of nitrogens with one attached hydrogen (secondary N) is 2. The lowest BCUT2D eigenvalue weighted by Gasteiger charge is -2.04. The van der Waals surface area contributed by atoms with E-state index in [1.54, 1.807) is 0 Å². The van der Waals surface area contributed by atoms with E-state index in [1.807, 2.05) is 0 Å². The number of aromatic hydroxyl groups is 2. The Hall–Kier alpha value is -2.83. The summed E-state index contributed by atoms with van der Waals surface area (Å²) in [6, 6.07) is 6.04. The van der Waals surface area contributed by atoms with E-state index in [1.165, 1.54) is 24.3 Å². The molecular weight excluding hydrogens is 238 g/mol. The Bertz CT molecular complexity index is 610. The predicted molar refractivity (Wildman–Crippen MR) is 62.6 cm³/mol. The highest BCUT2D eigenvalue weighted by Gasteiger charge is 2.09. The minimum atomic E-state index is -0.569. The Morgan fingerprint density at radius 2 is 1.83 bits per heavy atom. The molecule has 0 fully saturated rings. The quantitative estimate of drug-likeness (QED) is 0.614. The Balaban J connectivity index is 2.21. The Morgan fingerprint density at radius 1 is 1.17 bits per heavy atom. The second kappa shape index (κ2) is 4.58. The molecule has 0 spiro atoms. The van der Waals surface area contributed by atoms with Gasteiger partial charge in [-0.05, 0) is 18.2 Å². The molecule has 0 saturated carbocycles. The summed E-state index contributed by atoms with van der Waals surface area (Å²) < 4.78 is 0. The van der Waals surface area contributed by atoms with Crippen LogP contribution < -0.4 is 10.9 Å². The van der Waals surface area contributed by atoms with E-state index in [0.29, 0.717) is 0 Å². The molecule has 1 aromatic carbocycles. The molecule has 0 radical (unpaired) electrons. The maximum absolute atomic E-state index is 11.7. The summed E-state index contributed by atoms with van der Waals surface area (Å²) in [4.78, 5) is 22.5. The van der Waals surface area contributed by atoms with Crippen LogP contribution in [0.3, 0.4) is 0 Å². The molecule has 0 unspecified atom stereocenters. The molecule has 1 heterocycles. The van der Waals surface area contributed by atoms with Crippen molar-refractivity contribution >= 4 is 11.7 Å². The third kappa shape index (κ3) is 2.64. The Labute approximate surface area is 101 Å². The Morgan fingerprint density at radius 3 is 2.39 bits per heavy atom. The molecule has 2 rings (SSSR count). The zero-order chi connectivity index (χ0) is 13.1. The number of benzene rings is 1. The molecule has 0 aliphatic carbocycles. The van der Waals surface area contributed by atoms with E-state index < -0.39 is 5.91 Å². The predicted octanol–water partition coefficient (Wildman–Crippen LogP) is 0.433. The molecule has 4 N–H and O–H groups in total. The first-order chi connectivity index (χ1) is 8.54. The summed E-state index contributed by atoms with van der Waals surface area (Å²) in [6.45, 7) is 0. The van der Waals surface area contributed by atoms with Gasteiger partial charge in [-0.1, -0.05) is 0 Å². The first-order valence-corrected chi connectivity index (χ1v) is 4.95. The number of H-pyrrole nitrogens is 1. The molecule has 0 aliphatic heterocycles. The molecule has 1 aromatic heterocycles. The second-order valence-corrected chi connectivity index (χ2v) is 3.50. The number of nitrogens with zero attached hydrogens (tertiary/aromatic N) is 1. The first-order valence-electron chi connectivity index (χ1n) is 4.95.